The predicted octanol–water partition coefficient (Wildman–Crippen LogP) is 1.11. The lowest BCUT2D eigenvalue weighted by Crippen LogP contribution is -2.48. The highest BCUT2D eigenvalue weighted by molar-refractivity contribution is 5.81. The van der Waals surface area contributed by atoms with E-state index in [1.807, 2.05) is 0 Å². The Balaban J connectivity index is 1.73. The van der Waals surface area contributed by atoms with E-state index in [-0.39, 0.29) is 12.1 Å². The second-order valence-electron chi connectivity index (χ2n) is 5.52. The van der Waals surface area contributed by atoms with E-state index in [9.17, 15) is 4.79 Å². The van der Waals surface area contributed by atoms with E-state index >= 15 is 0 Å². The molecule has 3 atom stereocenters. The minimum Gasteiger partial charge on any atom is -0.376 e. The second-order valence-corrected chi connectivity index (χ2v) is 5.52. The number of nitrogens with one attached hydrogen (secondary N) is 1. The molecule has 0 spiro atoms. The van der Waals surface area contributed by atoms with Crippen LogP contribution >= 0.6 is 0 Å². The Morgan fingerprint density at radius 2 is 2.24 bits per heavy atom. The van der Waals surface area contributed by atoms with Gasteiger partial charge in [-0.15, -0.1) is 0 Å². The molecule has 17 heavy (non-hydrogen) atoms. The molecule has 1 N–H and O–H groups in total. The maximum Gasteiger partial charge on any atom is 0.238 e. The lowest BCUT2D eigenvalue weighted by Gasteiger charge is -2.33. The van der Waals surface area contributed by atoms with Crippen LogP contribution in [0.15, 0.2) is 0 Å². The van der Waals surface area contributed by atoms with Crippen LogP contribution in [0.25, 0.3) is 0 Å². The lowest BCUT2D eigenvalue weighted by atomic mass is 10.0. The average Bonchev–Trinajstić information content (AvgIpc) is 2.95. The highest BCUT2D eigenvalue weighted by Crippen LogP contribution is 2.41. The fourth-order valence-corrected chi connectivity index (χ4v) is 3.27. The van der Waals surface area contributed by atoms with E-state index in [2.05, 4.69) is 17.1 Å². The smallest absolute Gasteiger partial charge is 0.238 e. The van der Waals surface area contributed by atoms with Gasteiger partial charge in [0, 0.05) is 6.61 Å². The van der Waals surface area contributed by atoms with E-state index in [0.29, 0.717) is 18.7 Å². The molecular weight excluding hydrogens is 216 g/mol. The van der Waals surface area contributed by atoms with Crippen LogP contribution in [0.4, 0.5) is 0 Å². The van der Waals surface area contributed by atoms with Crippen LogP contribution in [-0.2, 0) is 9.53 Å². The van der Waals surface area contributed by atoms with Crippen molar-refractivity contribution in [2.45, 2.75) is 57.3 Å². The van der Waals surface area contributed by atoms with Crippen LogP contribution in [0.2, 0.25) is 0 Å². The molecule has 1 aliphatic carbocycles. The zero-order valence-corrected chi connectivity index (χ0v) is 10.5. The molecular formula is C13H22N2O2. The molecule has 1 amide bonds. The highest BCUT2D eigenvalue weighted by Gasteiger charge is 2.47. The summed E-state index contributed by atoms with van der Waals surface area (Å²) >= 11 is 0. The SMILES string of the molecule is CCCC1NCC(=O)N1C1CCOC1C1CC1. The van der Waals surface area contributed by atoms with Gasteiger partial charge in [0.15, 0.2) is 0 Å². The van der Waals surface area contributed by atoms with Crippen molar-refractivity contribution in [3.05, 3.63) is 0 Å². The van der Waals surface area contributed by atoms with Crippen LogP contribution in [0.1, 0.15) is 39.0 Å². The third-order valence-electron chi connectivity index (χ3n) is 4.22. The van der Waals surface area contributed by atoms with Gasteiger partial charge < -0.3 is 9.64 Å². The molecule has 2 saturated heterocycles. The number of nitrogens with zero attached hydrogens (tertiary/aromatic N) is 1. The largest absolute Gasteiger partial charge is 0.376 e. The molecule has 0 aromatic heterocycles. The standard InChI is InChI=1S/C13H22N2O2/c1-2-3-11-14-8-12(16)15(11)10-6-7-17-13(10)9-4-5-9/h9-11,13-14H,2-8H2,1H3. The number of carbonyl (C=O) groups is 1. The minimum atomic E-state index is 0.250. The summed E-state index contributed by atoms with van der Waals surface area (Å²) in [6, 6.07) is 0.335. The maximum atomic E-state index is 12.0. The number of rotatable bonds is 4. The number of hydrogen-bond acceptors (Lipinski definition) is 3. The van der Waals surface area contributed by atoms with E-state index in [4.69, 9.17) is 4.74 Å². The molecule has 3 fully saturated rings. The number of amides is 1. The van der Waals surface area contributed by atoms with Gasteiger partial charge in [0.1, 0.15) is 0 Å². The summed E-state index contributed by atoms with van der Waals surface area (Å²) in [4.78, 5) is 14.1. The Bertz CT molecular complexity index is 304. The number of hydrogen-bond donors (Lipinski definition) is 1. The first-order valence-electron chi connectivity index (χ1n) is 6.97. The Kier molecular flexibility index (Phi) is 3.09. The molecule has 0 aromatic rings. The summed E-state index contributed by atoms with van der Waals surface area (Å²) < 4.78 is 5.86. The van der Waals surface area contributed by atoms with Crippen molar-refractivity contribution in [3.63, 3.8) is 0 Å². The van der Waals surface area contributed by atoms with Gasteiger partial charge in [-0.1, -0.05) is 13.3 Å². The van der Waals surface area contributed by atoms with Crippen LogP contribution in [0, 0.1) is 5.92 Å². The Labute approximate surface area is 103 Å². The molecule has 4 heteroatoms. The summed E-state index contributed by atoms with van der Waals surface area (Å²) in [5.74, 6) is 0.989. The Hall–Kier alpha value is -0.610. The molecule has 3 unspecified atom stereocenters. The zero-order valence-electron chi connectivity index (χ0n) is 10.5. The normalized spacial score (nSPS) is 38.1. The topological polar surface area (TPSA) is 41.6 Å². The van der Waals surface area contributed by atoms with Gasteiger partial charge in [0.05, 0.1) is 24.9 Å². The molecule has 3 aliphatic rings. The minimum absolute atomic E-state index is 0.250. The summed E-state index contributed by atoms with van der Waals surface area (Å²) in [6.07, 6.45) is 6.33. The molecule has 96 valence electrons. The van der Waals surface area contributed by atoms with Crippen LogP contribution in [0.3, 0.4) is 0 Å². The number of ether oxygens (including phenoxy) is 1. The van der Waals surface area contributed by atoms with Gasteiger partial charge in [-0.3, -0.25) is 10.1 Å². The zero-order chi connectivity index (χ0) is 11.8. The number of carbonyl (C=O) groups excluding carboxylic acids is 1. The van der Waals surface area contributed by atoms with Crippen molar-refractivity contribution >= 4 is 5.91 Å². The molecule has 1 saturated carbocycles. The Morgan fingerprint density at radius 1 is 1.41 bits per heavy atom. The van der Waals surface area contributed by atoms with Gasteiger partial charge >= 0.3 is 0 Å². The van der Waals surface area contributed by atoms with E-state index in [0.717, 1.165) is 31.8 Å². The molecule has 0 radical (unpaired) electrons. The van der Waals surface area contributed by atoms with Crippen molar-refractivity contribution in [2.75, 3.05) is 13.2 Å². The molecule has 0 bridgehead atoms. The summed E-state index contributed by atoms with van der Waals surface area (Å²) in [5.41, 5.74) is 0. The summed E-state index contributed by atoms with van der Waals surface area (Å²) in [6.45, 7) is 3.51. The van der Waals surface area contributed by atoms with Gasteiger partial charge in [0.25, 0.3) is 0 Å². The van der Waals surface area contributed by atoms with Gasteiger partial charge in [-0.25, -0.2) is 0 Å². The van der Waals surface area contributed by atoms with E-state index < -0.39 is 0 Å². The van der Waals surface area contributed by atoms with Gasteiger partial charge in [0.2, 0.25) is 5.91 Å². The van der Waals surface area contributed by atoms with Crippen molar-refractivity contribution in [1.29, 1.82) is 0 Å². The first kappa shape index (κ1) is 11.5. The van der Waals surface area contributed by atoms with Crippen molar-refractivity contribution < 1.29 is 9.53 Å². The highest BCUT2D eigenvalue weighted by atomic mass is 16.5. The summed E-state index contributed by atoms with van der Waals surface area (Å²) in [7, 11) is 0. The predicted molar refractivity (Wildman–Crippen MR) is 64.4 cm³/mol. The maximum absolute atomic E-state index is 12.0. The van der Waals surface area contributed by atoms with Crippen molar-refractivity contribution in [1.82, 2.24) is 10.2 Å². The van der Waals surface area contributed by atoms with E-state index in [1.165, 1.54) is 12.8 Å². The lowest BCUT2D eigenvalue weighted by molar-refractivity contribution is -0.131. The molecule has 3 rings (SSSR count). The first-order valence-corrected chi connectivity index (χ1v) is 6.97. The fraction of sp³-hybridized carbons (Fsp3) is 0.923. The van der Waals surface area contributed by atoms with Crippen molar-refractivity contribution in [3.8, 4) is 0 Å². The first-order chi connectivity index (χ1) is 8.31. The van der Waals surface area contributed by atoms with Crippen LogP contribution < -0.4 is 5.32 Å². The molecule has 2 aliphatic heterocycles. The van der Waals surface area contributed by atoms with Crippen molar-refractivity contribution in [2.24, 2.45) is 5.92 Å². The quantitative estimate of drug-likeness (QED) is 0.798. The monoisotopic (exact) mass is 238 g/mol. The average molecular weight is 238 g/mol. The molecule has 0 aromatic carbocycles. The molecule has 4 nitrogen and oxygen atoms in total. The van der Waals surface area contributed by atoms with Crippen LogP contribution in [0.5, 0.6) is 0 Å². The van der Waals surface area contributed by atoms with Gasteiger partial charge in [-0.05, 0) is 31.6 Å². The fourth-order valence-electron chi connectivity index (χ4n) is 3.27. The van der Waals surface area contributed by atoms with E-state index in [1.54, 1.807) is 0 Å². The summed E-state index contributed by atoms with van der Waals surface area (Å²) in [5, 5.41) is 3.33. The second kappa shape index (κ2) is 4.58. The third-order valence-corrected chi connectivity index (χ3v) is 4.22. The van der Waals surface area contributed by atoms with Gasteiger partial charge in [-0.2, -0.15) is 0 Å². The Morgan fingerprint density at radius 3 is 2.94 bits per heavy atom. The third kappa shape index (κ3) is 2.08. The van der Waals surface area contributed by atoms with Crippen LogP contribution in [-0.4, -0.2) is 42.3 Å². The molecule has 2 heterocycles.